The molecule has 4 heteroatoms. The van der Waals surface area contributed by atoms with Crippen molar-refractivity contribution in [1.29, 1.82) is 0 Å². The molecule has 0 fully saturated rings. The molecule has 0 saturated heterocycles. The van der Waals surface area contributed by atoms with Crippen LogP contribution in [0, 0.1) is 0 Å². The quantitative estimate of drug-likeness (QED) is 0.448. The van der Waals surface area contributed by atoms with Crippen LogP contribution in [-0.2, 0) is 9.53 Å². The Hall–Kier alpha value is -1.06. The van der Waals surface area contributed by atoms with Crippen LogP contribution >= 0.6 is 11.6 Å². The van der Waals surface area contributed by atoms with Crippen LogP contribution in [0.2, 0.25) is 0 Å². The van der Waals surface area contributed by atoms with E-state index in [4.69, 9.17) is 16.3 Å². The van der Waals surface area contributed by atoms with Gasteiger partial charge < -0.3 is 4.74 Å². The third-order valence-corrected chi connectivity index (χ3v) is 2.55. The van der Waals surface area contributed by atoms with Crippen molar-refractivity contribution in [3.63, 3.8) is 0 Å². The van der Waals surface area contributed by atoms with Crippen molar-refractivity contribution in [1.82, 2.24) is 4.90 Å². The normalized spacial score (nSPS) is 12.5. The summed E-state index contributed by atoms with van der Waals surface area (Å²) >= 11 is 5.72. The van der Waals surface area contributed by atoms with Crippen molar-refractivity contribution in [3.05, 3.63) is 35.9 Å². The lowest BCUT2D eigenvalue weighted by atomic mass is 10.1. The zero-order chi connectivity index (χ0) is 11.3. The maximum Gasteiger partial charge on any atom is 0.327 e. The molecule has 0 aliphatic carbocycles. The number of carbonyl (C=O) groups is 1. The van der Waals surface area contributed by atoms with Crippen LogP contribution in [0.3, 0.4) is 0 Å². The number of alkyl halides is 1. The van der Waals surface area contributed by atoms with Crippen molar-refractivity contribution in [2.45, 2.75) is 6.04 Å². The summed E-state index contributed by atoms with van der Waals surface area (Å²) in [5, 5.41) is 0. The second-order valence-electron chi connectivity index (χ2n) is 3.21. The summed E-state index contributed by atoms with van der Waals surface area (Å²) in [6, 6.07) is 9.26. The minimum atomic E-state index is -0.436. The Morgan fingerprint density at radius 1 is 1.47 bits per heavy atom. The number of ether oxygens (including phenoxy) is 1. The van der Waals surface area contributed by atoms with E-state index in [0.29, 0.717) is 0 Å². The zero-order valence-electron chi connectivity index (χ0n) is 8.81. The molecular formula is C11H14ClNO2. The number of hydrogen-bond acceptors (Lipinski definition) is 3. The molecule has 0 saturated carbocycles. The Morgan fingerprint density at radius 3 is 2.53 bits per heavy atom. The van der Waals surface area contributed by atoms with Crippen LogP contribution in [0.15, 0.2) is 30.3 Å². The first-order valence-electron chi connectivity index (χ1n) is 4.59. The molecule has 15 heavy (non-hydrogen) atoms. The fourth-order valence-corrected chi connectivity index (χ4v) is 1.52. The van der Waals surface area contributed by atoms with E-state index in [1.807, 2.05) is 30.3 Å². The van der Waals surface area contributed by atoms with Gasteiger partial charge in [0.15, 0.2) is 0 Å². The highest BCUT2D eigenvalue weighted by Gasteiger charge is 2.24. The number of likely N-dealkylation sites (N-methyl/N-ethyl adjacent to an activating group) is 1. The van der Waals surface area contributed by atoms with Gasteiger partial charge in [0.25, 0.3) is 0 Å². The molecule has 82 valence electrons. The van der Waals surface area contributed by atoms with Gasteiger partial charge in [-0.2, -0.15) is 0 Å². The van der Waals surface area contributed by atoms with Crippen LogP contribution in [0.1, 0.15) is 11.6 Å². The molecule has 0 amide bonds. The molecule has 0 aromatic heterocycles. The minimum absolute atomic E-state index is 0.272. The molecule has 0 radical (unpaired) electrons. The standard InChI is InChI=1S/C11H14ClNO2/c1-13(8-12)10(11(14)15-2)9-6-4-3-5-7-9/h3-7,10H,8H2,1-2H3/t10-/m0/s1. The second kappa shape index (κ2) is 5.73. The highest BCUT2D eigenvalue weighted by atomic mass is 35.5. The van der Waals surface area contributed by atoms with Crippen LogP contribution in [-0.4, -0.2) is 31.0 Å². The van der Waals surface area contributed by atoms with Crippen molar-refractivity contribution in [2.24, 2.45) is 0 Å². The van der Waals surface area contributed by atoms with Crippen LogP contribution < -0.4 is 0 Å². The van der Waals surface area contributed by atoms with Gasteiger partial charge >= 0.3 is 5.97 Å². The van der Waals surface area contributed by atoms with Crippen molar-refractivity contribution in [2.75, 3.05) is 20.2 Å². The average molecular weight is 228 g/mol. The first-order valence-corrected chi connectivity index (χ1v) is 5.13. The first kappa shape index (κ1) is 12.0. The van der Waals surface area contributed by atoms with Gasteiger partial charge in [0.2, 0.25) is 0 Å². The van der Waals surface area contributed by atoms with E-state index in [-0.39, 0.29) is 12.0 Å². The lowest BCUT2D eigenvalue weighted by Crippen LogP contribution is -2.30. The lowest BCUT2D eigenvalue weighted by Gasteiger charge is -2.23. The molecule has 1 aromatic carbocycles. The predicted octanol–water partition coefficient (Wildman–Crippen LogP) is 2.03. The SMILES string of the molecule is COC(=O)[C@H](c1ccccc1)N(C)CCl. The molecule has 0 heterocycles. The van der Waals surface area contributed by atoms with Gasteiger partial charge in [-0.1, -0.05) is 30.3 Å². The van der Waals surface area contributed by atoms with Crippen molar-refractivity contribution >= 4 is 17.6 Å². The summed E-state index contributed by atoms with van der Waals surface area (Å²) < 4.78 is 4.75. The largest absolute Gasteiger partial charge is 0.468 e. The smallest absolute Gasteiger partial charge is 0.327 e. The number of benzene rings is 1. The molecule has 0 unspecified atom stereocenters. The Balaban J connectivity index is 2.96. The number of nitrogens with zero attached hydrogens (tertiary/aromatic N) is 1. The predicted molar refractivity (Wildman–Crippen MR) is 59.7 cm³/mol. The molecule has 0 bridgehead atoms. The van der Waals surface area contributed by atoms with E-state index < -0.39 is 6.04 Å². The van der Waals surface area contributed by atoms with Gasteiger partial charge in [-0.15, -0.1) is 11.6 Å². The van der Waals surface area contributed by atoms with E-state index in [2.05, 4.69) is 0 Å². The van der Waals surface area contributed by atoms with Gasteiger partial charge in [0, 0.05) is 0 Å². The lowest BCUT2D eigenvalue weighted by molar-refractivity contribution is -0.146. The number of carbonyl (C=O) groups excluding carboxylic acids is 1. The average Bonchev–Trinajstić information content (AvgIpc) is 2.30. The third-order valence-electron chi connectivity index (χ3n) is 2.17. The highest BCUT2D eigenvalue weighted by molar-refractivity contribution is 6.17. The molecule has 1 rings (SSSR count). The molecule has 1 atom stereocenters. The first-order chi connectivity index (χ1) is 7.20. The summed E-state index contributed by atoms with van der Waals surface area (Å²) in [7, 11) is 3.15. The Morgan fingerprint density at radius 2 is 2.07 bits per heavy atom. The third kappa shape index (κ3) is 2.94. The van der Waals surface area contributed by atoms with Gasteiger partial charge in [0.05, 0.1) is 13.1 Å². The number of halogens is 1. The van der Waals surface area contributed by atoms with E-state index in [9.17, 15) is 4.79 Å². The maximum absolute atomic E-state index is 11.6. The van der Waals surface area contributed by atoms with E-state index in [0.717, 1.165) is 5.56 Å². The van der Waals surface area contributed by atoms with Crippen LogP contribution in [0.25, 0.3) is 0 Å². The Bertz CT molecular complexity index is 316. The van der Waals surface area contributed by atoms with Gasteiger partial charge in [-0.05, 0) is 12.6 Å². The van der Waals surface area contributed by atoms with E-state index >= 15 is 0 Å². The number of hydrogen-bond donors (Lipinski definition) is 0. The number of rotatable bonds is 4. The molecule has 0 aliphatic rings. The van der Waals surface area contributed by atoms with E-state index in [1.165, 1.54) is 7.11 Å². The molecule has 0 N–H and O–H groups in total. The molecule has 3 nitrogen and oxygen atoms in total. The molecule has 0 aliphatic heterocycles. The molecule has 0 spiro atoms. The second-order valence-corrected chi connectivity index (χ2v) is 3.45. The number of methoxy groups -OCH3 is 1. The Kier molecular flexibility index (Phi) is 4.59. The fourth-order valence-electron chi connectivity index (χ4n) is 1.39. The highest BCUT2D eigenvalue weighted by Crippen LogP contribution is 2.20. The van der Waals surface area contributed by atoms with Gasteiger partial charge in [-0.25, -0.2) is 4.79 Å². The minimum Gasteiger partial charge on any atom is -0.468 e. The van der Waals surface area contributed by atoms with Crippen LogP contribution in [0.4, 0.5) is 0 Å². The summed E-state index contributed by atoms with van der Waals surface area (Å²) in [6.45, 7) is 0. The van der Waals surface area contributed by atoms with Crippen molar-refractivity contribution < 1.29 is 9.53 Å². The molecular weight excluding hydrogens is 214 g/mol. The zero-order valence-corrected chi connectivity index (χ0v) is 9.57. The van der Waals surface area contributed by atoms with Crippen LogP contribution in [0.5, 0.6) is 0 Å². The fraction of sp³-hybridized carbons (Fsp3) is 0.364. The van der Waals surface area contributed by atoms with Crippen molar-refractivity contribution in [3.8, 4) is 0 Å². The topological polar surface area (TPSA) is 29.5 Å². The number of esters is 1. The van der Waals surface area contributed by atoms with Gasteiger partial charge in [0.1, 0.15) is 6.04 Å². The summed E-state index contributed by atoms with van der Waals surface area (Å²) in [5.74, 6) is -0.302. The van der Waals surface area contributed by atoms with Gasteiger partial charge in [-0.3, -0.25) is 4.90 Å². The summed E-state index contributed by atoms with van der Waals surface area (Å²) in [4.78, 5) is 13.3. The molecule has 1 aromatic rings. The monoisotopic (exact) mass is 227 g/mol. The summed E-state index contributed by atoms with van der Waals surface area (Å²) in [5.41, 5.74) is 0.882. The summed E-state index contributed by atoms with van der Waals surface area (Å²) in [6.07, 6.45) is 0. The maximum atomic E-state index is 11.6. The Labute approximate surface area is 94.6 Å². The van der Waals surface area contributed by atoms with E-state index in [1.54, 1.807) is 11.9 Å².